The highest BCUT2D eigenvalue weighted by Gasteiger charge is 2.11. The number of benzene rings is 1. The van der Waals surface area contributed by atoms with Crippen LogP contribution in [0, 0.1) is 0 Å². The van der Waals surface area contributed by atoms with Gasteiger partial charge >= 0.3 is 0 Å². The topological polar surface area (TPSA) is 110 Å². The fraction of sp³-hybridized carbons (Fsp3) is 0.0909. The van der Waals surface area contributed by atoms with E-state index in [4.69, 9.17) is 5.73 Å². The molecule has 1 aromatic carbocycles. The molecule has 0 atom stereocenters. The minimum atomic E-state index is -0.0721. The molecule has 144 valence electrons. The van der Waals surface area contributed by atoms with E-state index in [0.717, 1.165) is 22.5 Å². The van der Waals surface area contributed by atoms with Gasteiger partial charge in [-0.3, -0.25) is 9.78 Å². The van der Waals surface area contributed by atoms with Crippen LogP contribution in [0.5, 0.6) is 0 Å². The Hall–Kier alpha value is -4.00. The zero-order valence-electron chi connectivity index (χ0n) is 15.7. The minimum Gasteiger partial charge on any atom is -0.382 e. The molecule has 7 heteroatoms. The summed E-state index contributed by atoms with van der Waals surface area (Å²) >= 11 is 0. The van der Waals surface area contributed by atoms with Gasteiger partial charge in [-0.05, 0) is 35.4 Å². The summed E-state index contributed by atoms with van der Waals surface area (Å²) in [5.41, 5.74) is 10.5. The van der Waals surface area contributed by atoms with E-state index in [1.165, 1.54) is 6.20 Å². The Morgan fingerprint density at radius 3 is 2.66 bits per heavy atom. The molecule has 3 heterocycles. The Balaban J connectivity index is 1.41. The lowest BCUT2D eigenvalue weighted by atomic mass is 10.0. The normalized spacial score (nSPS) is 10.6. The predicted molar refractivity (Wildman–Crippen MR) is 112 cm³/mol. The molecule has 4 N–H and O–H groups in total. The van der Waals surface area contributed by atoms with Gasteiger partial charge in [-0.2, -0.15) is 0 Å². The number of nitrogens with zero attached hydrogens (tertiary/aromatic N) is 3. The number of anilines is 2. The molecule has 0 saturated heterocycles. The van der Waals surface area contributed by atoms with Gasteiger partial charge in [-0.25, -0.2) is 9.97 Å². The molecule has 0 aliphatic heterocycles. The maximum Gasteiger partial charge on any atom is 0.187 e. The third kappa shape index (κ3) is 4.47. The zero-order chi connectivity index (χ0) is 20.1. The maximum atomic E-state index is 12.6. The van der Waals surface area contributed by atoms with Crippen LogP contribution in [-0.4, -0.2) is 25.7 Å². The second kappa shape index (κ2) is 8.35. The number of ketones is 1. The van der Waals surface area contributed by atoms with Crippen LogP contribution < -0.4 is 11.1 Å². The number of aromatic amines is 1. The molecule has 0 aliphatic rings. The summed E-state index contributed by atoms with van der Waals surface area (Å²) in [7, 11) is 0. The number of pyridine rings is 1. The smallest absolute Gasteiger partial charge is 0.187 e. The fourth-order valence-electron chi connectivity index (χ4n) is 2.99. The Morgan fingerprint density at radius 2 is 1.90 bits per heavy atom. The minimum absolute atomic E-state index is 0.0721. The highest BCUT2D eigenvalue weighted by atomic mass is 16.1. The van der Waals surface area contributed by atoms with Crippen molar-refractivity contribution in [1.29, 1.82) is 0 Å². The Labute approximate surface area is 168 Å². The zero-order valence-corrected chi connectivity index (χ0v) is 15.7. The van der Waals surface area contributed by atoms with Crippen molar-refractivity contribution in [2.75, 3.05) is 11.1 Å². The van der Waals surface area contributed by atoms with E-state index in [1.807, 2.05) is 54.7 Å². The first kappa shape index (κ1) is 18.4. The number of Topliss-reactive ketones (excluding diaryl/α,β-unsaturated/α-hetero) is 1. The van der Waals surface area contributed by atoms with E-state index in [0.29, 0.717) is 23.8 Å². The fourth-order valence-corrected chi connectivity index (χ4v) is 2.99. The van der Waals surface area contributed by atoms with Crippen LogP contribution in [0.2, 0.25) is 0 Å². The number of aromatic nitrogens is 4. The summed E-state index contributed by atoms with van der Waals surface area (Å²) in [5, 5.41) is 3.26. The molecule has 7 nitrogen and oxygen atoms in total. The van der Waals surface area contributed by atoms with Gasteiger partial charge in [0.15, 0.2) is 5.78 Å². The number of rotatable bonds is 7. The monoisotopic (exact) mass is 384 g/mol. The van der Waals surface area contributed by atoms with Crippen molar-refractivity contribution in [1.82, 2.24) is 19.9 Å². The van der Waals surface area contributed by atoms with Crippen LogP contribution in [-0.2, 0) is 13.0 Å². The summed E-state index contributed by atoms with van der Waals surface area (Å²) < 4.78 is 0. The summed E-state index contributed by atoms with van der Waals surface area (Å²) in [6.07, 6.45) is 6.87. The number of nitrogens with two attached hydrogens (primary N) is 1. The van der Waals surface area contributed by atoms with Gasteiger partial charge < -0.3 is 16.0 Å². The molecule has 0 unspecified atom stereocenters. The molecule has 4 aromatic rings. The number of H-pyrrole nitrogens is 1. The van der Waals surface area contributed by atoms with Crippen LogP contribution in [0.3, 0.4) is 0 Å². The lowest BCUT2D eigenvalue weighted by Crippen LogP contribution is -2.08. The number of nitrogen functional groups attached to an aromatic ring is 1. The van der Waals surface area contributed by atoms with Crippen molar-refractivity contribution in [3.05, 3.63) is 90.1 Å². The van der Waals surface area contributed by atoms with Gasteiger partial charge in [0.25, 0.3) is 0 Å². The maximum absolute atomic E-state index is 12.6. The average molecular weight is 384 g/mol. The molecule has 0 amide bonds. The van der Waals surface area contributed by atoms with Crippen molar-refractivity contribution in [3.63, 3.8) is 0 Å². The van der Waals surface area contributed by atoms with E-state index < -0.39 is 0 Å². The first-order chi connectivity index (χ1) is 14.2. The number of nitrogens with one attached hydrogen (secondary N) is 2. The Bertz CT molecular complexity index is 1110. The summed E-state index contributed by atoms with van der Waals surface area (Å²) in [5.74, 6) is 0.386. The van der Waals surface area contributed by atoms with Crippen LogP contribution in [0.15, 0.2) is 73.3 Å². The molecule has 29 heavy (non-hydrogen) atoms. The van der Waals surface area contributed by atoms with Crippen molar-refractivity contribution in [2.24, 2.45) is 0 Å². The highest BCUT2D eigenvalue weighted by molar-refractivity contribution is 5.95. The standard InChI is InChI=1S/C22H20N6O/c23-22-18(7-3-9-25-22)26-12-16-5-1-4-15(10-16)11-21(29)20-14-27-19(13-28-20)17-6-2-8-24-17/h1-10,13-14,24,26H,11-12H2,(H2,23,25). The van der Waals surface area contributed by atoms with Crippen molar-refractivity contribution in [3.8, 4) is 11.4 Å². The molecule has 0 fully saturated rings. The average Bonchev–Trinajstić information content (AvgIpc) is 3.28. The molecular formula is C22H20N6O. The lowest BCUT2D eigenvalue weighted by Gasteiger charge is -2.09. The van der Waals surface area contributed by atoms with Crippen molar-refractivity contribution >= 4 is 17.3 Å². The lowest BCUT2D eigenvalue weighted by molar-refractivity contribution is 0.0988. The number of hydrogen-bond acceptors (Lipinski definition) is 6. The van der Waals surface area contributed by atoms with Crippen molar-refractivity contribution < 1.29 is 4.79 Å². The van der Waals surface area contributed by atoms with E-state index >= 15 is 0 Å². The quantitative estimate of drug-likeness (QED) is 0.421. The van der Waals surface area contributed by atoms with Crippen LogP contribution in [0.25, 0.3) is 11.4 Å². The Morgan fingerprint density at radius 1 is 1.00 bits per heavy atom. The predicted octanol–water partition coefficient (Wildman–Crippen LogP) is 3.49. The number of carbonyl (C=O) groups is 1. The molecule has 0 saturated carbocycles. The SMILES string of the molecule is Nc1ncccc1NCc1cccc(CC(=O)c2cnc(-c3ccc[nH]3)cn2)c1. The van der Waals surface area contributed by atoms with Gasteiger partial charge in [-0.1, -0.05) is 24.3 Å². The molecule has 0 bridgehead atoms. The number of carbonyl (C=O) groups excluding carboxylic acids is 1. The first-order valence-corrected chi connectivity index (χ1v) is 9.20. The van der Waals surface area contributed by atoms with Crippen LogP contribution in [0.4, 0.5) is 11.5 Å². The molecule has 0 radical (unpaired) electrons. The largest absolute Gasteiger partial charge is 0.382 e. The van der Waals surface area contributed by atoms with Crippen LogP contribution >= 0.6 is 0 Å². The summed E-state index contributed by atoms with van der Waals surface area (Å²) in [6, 6.07) is 15.4. The Kier molecular flexibility index (Phi) is 5.29. The number of hydrogen-bond donors (Lipinski definition) is 3. The van der Waals surface area contributed by atoms with E-state index in [2.05, 4.69) is 25.3 Å². The third-order valence-corrected chi connectivity index (χ3v) is 4.49. The molecule has 3 aromatic heterocycles. The van der Waals surface area contributed by atoms with Gasteiger partial charge in [0, 0.05) is 25.4 Å². The second-order valence-electron chi connectivity index (χ2n) is 6.58. The molecule has 0 aliphatic carbocycles. The molecule has 4 rings (SSSR count). The van der Waals surface area contributed by atoms with E-state index in [-0.39, 0.29) is 12.2 Å². The first-order valence-electron chi connectivity index (χ1n) is 9.20. The van der Waals surface area contributed by atoms with Gasteiger partial charge in [-0.15, -0.1) is 0 Å². The van der Waals surface area contributed by atoms with Crippen LogP contribution in [0.1, 0.15) is 21.6 Å². The van der Waals surface area contributed by atoms with Gasteiger partial charge in [0.2, 0.25) is 0 Å². The molecule has 0 spiro atoms. The van der Waals surface area contributed by atoms with Crippen molar-refractivity contribution in [2.45, 2.75) is 13.0 Å². The highest BCUT2D eigenvalue weighted by Crippen LogP contribution is 2.17. The van der Waals surface area contributed by atoms with E-state index in [9.17, 15) is 4.79 Å². The van der Waals surface area contributed by atoms with E-state index in [1.54, 1.807) is 12.4 Å². The molecular weight excluding hydrogens is 364 g/mol. The van der Waals surface area contributed by atoms with Gasteiger partial charge in [0.05, 0.1) is 23.8 Å². The summed E-state index contributed by atoms with van der Waals surface area (Å²) in [6.45, 7) is 0.586. The summed E-state index contributed by atoms with van der Waals surface area (Å²) in [4.78, 5) is 28.3. The van der Waals surface area contributed by atoms with Gasteiger partial charge in [0.1, 0.15) is 17.2 Å². The second-order valence-corrected chi connectivity index (χ2v) is 6.58. The third-order valence-electron chi connectivity index (χ3n) is 4.49.